The molecule has 63 heavy (non-hydrogen) atoms. The number of rotatable bonds is 15. The average Bonchev–Trinajstić information content (AvgIpc) is 3.34. The summed E-state index contributed by atoms with van der Waals surface area (Å²) in [6, 6.07) is 45.2. The van der Waals surface area contributed by atoms with Gasteiger partial charge < -0.3 is 15.6 Å². The molecule has 0 bridgehead atoms. The van der Waals surface area contributed by atoms with Crippen LogP contribution in [0.2, 0.25) is 0 Å². The maximum atomic E-state index is 13.0. The topological polar surface area (TPSA) is 225 Å². The van der Waals surface area contributed by atoms with Crippen molar-refractivity contribution in [3.05, 3.63) is 214 Å². The van der Waals surface area contributed by atoms with Gasteiger partial charge in [0.15, 0.2) is 17.1 Å². The maximum Gasteiger partial charge on any atom is 0.256 e. The molecule has 1 aromatic heterocycles. The lowest BCUT2D eigenvalue weighted by atomic mass is 10.00. The number of hydrogen-bond acceptors (Lipinski definition) is 15. The summed E-state index contributed by atoms with van der Waals surface area (Å²) < 4.78 is 0. The third-order valence-corrected chi connectivity index (χ3v) is 9.19. The van der Waals surface area contributed by atoms with Gasteiger partial charge in [-0.1, -0.05) is 179 Å². The van der Waals surface area contributed by atoms with Gasteiger partial charge in [-0.3, -0.25) is 14.4 Å². The molecule has 7 aromatic rings. The number of benzene rings is 6. The molecule has 0 aliphatic heterocycles. The third kappa shape index (κ3) is 10.5. The number of carbonyl (C=O) groups is 3. The van der Waals surface area contributed by atoms with E-state index in [0.717, 1.165) is 0 Å². The van der Waals surface area contributed by atoms with Crippen molar-refractivity contribution in [2.75, 3.05) is 0 Å². The Morgan fingerprint density at radius 1 is 0.333 bits per heavy atom. The van der Waals surface area contributed by atoms with Gasteiger partial charge in [0, 0.05) is 52.0 Å². The minimum absolute atomic E-state index is 0.0395. The maximum absolute atomic E-state index is 13.0. The van der Waals surface area contributed by atoms with E-state index >= 15 is 0 Å². The molecule has 306 valence electrons. The first-order valence-corrected chi connectivity index (χ1v) is 19.0. The molecule has 0 aliphatic rings. The molecule has 6 aromatic carbocycles. The van der Waals surface area contributed by atoms with Gasteiger partial charge >= 0.3 is 0 Å². The molecule has 3 N–H and O–H groups in total. The lowest BCUT2D eigenvalue weighted by Gasteiger charge is -2.05. The Morgan fingerprint density at radius 2 is 0.571 bits per heavy atom. The van der Waals surface area contributed by atoms with E-state index in [2.05, 4.69) is 45.4 Å². The van der Waals surface area contributed by atoms with Gasteiger partial charge in [-0.25, -0.2) is 15.0 Å². The number of Topliss-reactive ketones (excluding diaryl/α,β-unsaturated/α-hetero) is 3. The van der Waals surface area contributed by atoms with Crippen LogP contribution in [0, 0.1) is 0 Å². The number of hydrogen-bond donors (Lipinski definition) is 3. The van der Waals surface area contributed by atoms with Gasteiger partial charge in [0.25, 0.3) is 17.8 Å². The standard InChI is InChI=1S/C48H33N9O6/c58-43(37-10-4-1-5-11-37)40(55-61)34-22-16-31(17-23-34)28-49-46-52-47(50-29-32-18-24-35(25-19-32)41(56-62)44(59)38-12-6-2-7-13-38)54-48(53-46)51-30-33-20-26-36(27-21-33)42(57-63)45(60)39-14-8-3-9-15-39/h1-30,61-63H/b49-28+,50-29+,51-30+,55-40+,56-41+,57-42+. The molecule has 0 amide bonds. The summed E-state index contributed by atoms with van der Waals surface area (Å²) >= 11 is 0. The van der Waals surface area contributed by atoms with E-state index in [1.54, 1.807) is 164 Å². The zero-order valence-corrected chi connectivity index (χ0v) is 32.9. The molecule has 7 rings (SSSR count). The summed E-state index contributed by atoms with van der Waals surface area (Å²) in [6.45, 7) is 0. The van der Waals surface area contributed by atoms with Gasteiger partial charge in [0.2, 0.25) is 17.3 Å². The van der Waals surface area contributed by atoms with Crippen LogP contribution in [0.25, 0.3) is 0 Å². The van der Waals surface area contributed by atoms with Crippen LogP contribution >= 0.6 is 0 Å². The molecule has 0 atom stereocenters. The number of ketones is 3. The van der Waals surface area contributed by atoms with Crippen molar-refractivity contribution in [1.29, 1.82) is 0 Å². The van der Waals surface area contributed by atoms with Gasteiger partial charge in [0.05, 0.1) is 0 Å². The Balaban J connectivity index is 1.13. The lowest BCUT2D eigenvalue weighted by Crippen LogP contribution is -2.15. The highest BCUT2D eigenvalue weighted by atomic mass is 16.4. The molecule has 0 unspecified atom stereocenters. The van der Waals surface area contributed by atoms with E-state index in [1.165, 1.54) is 18.6 Å². The van der Waals surface area contributed by atoms with Crippen LogP contribution in [0.3, 0.4) is 0 Å². The van der Waals surface area contributed by atoms with E-state index in [-0.39, 0.29) is 35.0 Å². The molecular formula is C48H33N9O6. The monoisotopic (exact) mass is 831 g/mol. The minimum Gasteiger partial charge on any atom is -0.410 e. The Hall–Kier alpha value is -9.24. The van der Waals surface area contributed by atoms with Crippen LogP contribution < -0.4 is 0 Å². The zero-order valence-electron chi connectivity index (χ0n) is 32.9. The van der Waals surface area contributed by atoms with Gasteiger partial charge in [-0.15, -0.1) is 0 Å². The fourth-order valence-corrected chi connectivity index (χ4v) is 5.98. The first kappa shape index (κ1) is 41.9. The van der Waals surface area contributed by atoms with E-state index < -0.39 is 17.3 Å². The second-order valence-corrected chi connectivity index (χ2v) is 13.3. The first-order chi connectivity index (χ1) is 30.8. The predicted molar refractivity (Wildman–Crippen MR) is 238 cm³/mol. The van der Waals surface area contributed by atoms with E-state index in [9.17, 15) is 30.0 Å². The number of oxime groups is 3. The number of aliphatic imine (C=N–C) groups is 3. The molecule has 15 heteroatoms. The highest BCUT2D eigenvalue weighted by Crippen LogP contribution is 2.19. The lowest BCUT2D eigenvalue weighted by molar-refractivity contribution is 0.105. The number of nitrogens with zero attached hydrogens (tertiary/aromatic N) is 9. The van der Waals surface area contributed by atoms with Crippen molar-refractivity contribution >= 4 is 71.0 Å². The summed E-state index contributed by atoms with van der Waals surface area (Å²) in [5.74, 6) is -1.45. The van der Waals surface area contributed by atoms with Crippen molar-refractivity contribution in [2.45, 2.75) is 0 Å². The van der Waals surface area contributed by atoms with E-state index in [4.69, 9.17) is 0 Å². The second kappa shape index (κ2) is 20.1. The summed E-state index contributed by atoms with van der Waals surface area (Å²) in [5, 5.41) is 38.7. The zero-order chi connectivity index (χ0) is 44.0. The molecule has 0 fully saturated rings. The molecule has 0 aliphatic carbocycles. The third-order valence-electron chi connectivity index (χ3n) is 9.19. The van der Waals surface area contributed by atoms with E-state index in [1.807, 2.05) is 0 Å². The van der Waals surface area contributed by atoms with Crippen molar-refractivity contribution in [2.24, 2.45) is 30.4 Å². The van der Waals surface area contributed by atoms with Crippen molar-refractivity contribution < 1.29 is 30.0 Å². The van der Waals surface area contributed by atoms with Crippen molar-refractivity contribution in [1.82, 2.24) is 15.0 Å². The van der Waals surface area contributed by atoms with Crippen molar-refractivity contribution in [3.63, 3.8) is 0 Å². The fourth-order valence-electron chi connectivity index (χ4n) is 5.98. The van der Waals surface area contributed by atoms with Gasteiger partial charge in [0.1, 0.15) is 0 Å². The first-order valence-electron chi connectivity index (χ1n) is 19.0. The highest BCUT2D eigenvalue weighted by Gasteiger charge is 2.19. The Kier molecular flexibility index (Phi) is 13.4. The fraction of sp³-hybridized carbons (Fsp3) is 0. The second-order valence-electron chi connectivity index (χ2n) is 13.3. The van der Waals surface area contributed by atoms with Crippen LogP contribution in [-0.4, -0.2) is 83.7 Å². The quantitative estimate of drug-likeness (QED) is 0.0390. The Labute approximate surface area is 359 Å². The molecule has 15 nitrogen and oxygen atoms in total. The molecular weight excluding hydrogens is 799 g/mol. The van der Waals surface area contributed by atoms with Gasteiger partial charge in [-0.2, -0.15) is 15.0 Å². The SMILES string of the molecule is O=C(/C(=N/O)c1ccc(/C=N/c2nc(/N=C/c3ccc(/C(=N\O)C(=O)c4ccccc4)cc3)nc(/N=C/c3ccc(/C(=N\O)C(=O)c4ccccc4)cc3)n2)cc1)c1ccccc1. The largest absolute Gasteiger partial charge is 0.410 e. The molecule has 1 heterocycles. The minimum atomic E-state index is -0.443. The summed E-state index contributed by atoms with van der Waals surface area (Å²) in [7, 11) is 0. The average molecular weight is 832 g/mol. The molecule has 0 radical (unpaired) electrons. The normalized spacial score (nSPS) is 12.3. The van der Waals surface area contributed by atoms with Crippen LogP contribution in [0.5, 0.6) is 0 Å². The summed E-state index contributed by atoms with van der Waals surface area (Å²) in [5.41, 5.74) is 3.74. The Morgan fingerprint density at radius 3 is 0.794 bits per heavy atom. The smallest absolute Gasteiger partial charge is 0.256 e. The number of carbonyl (C=O) groups excluding carboxylic acids is 3. The molecule has 0 spiro atoms. The number of aromatic nitrogens is 3. The van der Waals surface area contributed by atoms with Crippen LogP contribution in [0.4, 0.5) is 17.8 Å². The van der Waals surface area contributed by atoms with Gasteiger partial charge in [-0.05, 0) is 16.7 Å². The van der Waals surface area contributed by atoms with Crippen LogP contribution in [0.15, 0.2) is 194 Å². The van der Waals surface area contributed by atoms with Crippen molar-refractivity contribution in [3.8, 4) is 0 Å². The highest BCUT2D eigenvalue weighted by molar-refractivity contribution is 6.52. The molecule has 0 saturated carbocycles. The summed E-state index contributed by atoms with van der Waals surface area (Å²) in [4.78, 5) is 65.3. The summed E-state index contributed by atoms with van der Waals surface area (Å²) in [6.07, 6.45) is 4.46. The van der Waals surface area contributed by atoms with Crippen LogP contribution in [-0.2, 0) is 0 Å². The van der Waals surface area contributed by atoms with E-state index in [0.29, 0.717) is 50.1 Å². The molecule has 0 saturated heterocycles. The Bertz CT molecular complexity index is 2600. The predicted octanol–water partition coefficient (Wildman–Crippen LogP) is 8.31. The van der Waals surface area contributed by atoms with Crippen LogP contribution in [0.1, 0.15) is 64.5 Å².